The van der Waals surface area contributed by atoms with E-state index < -0.39 is 12.1 Å². The second kappa shape index (κ2) is 50.5. The molecular weight excluding hydrogens is 711 g/mol. The minimum atomic E-state index is -0.835. The standard InChI is InChI=1S/C54H107NO3/c1-3-5-7-9-11-13-15-17-19-21-23-25-26-27-28-30-32-34-36-38-40-42-44-46-48-50-54(58)55-52(51-56)53(57)49-47-45-43-41-39-37-35-33-31-29-24-22-20-18-16-14-12-10-8-6-4-2/h47,49,52-53,56-57H,3-46,48,50-51H2,1-2H3,(H,55,58)/b49-47+. The highest BCUT2D eigenvalue weighted by atomic mass is 16.3. The number of hydrogen-bond donors (Lipinski definition) is 3. The maximum Gasteiger partial charge on any atom is 0.220 e. The van der Waals surface area contributed by atoms with Gasteiger partial charge in [0, 0.05) is 6.42 Å². The lowest BCUT2D eigenvalue weighted by atomic mass is 10.0. The zero-order valence-electron chi connectivity index (χ0n) is 39.8. The Labute approximate surface area is 365 Å². The average Bonchev–Trinajstić information content (AvgIpc) is 3.23. The van der Waals surface area contributed by atoms with Gasteiger partial charge in [-0.15, -0.1) is 0 Å². The van der Waals surface area contributed by atoms with Gasteiger partial charge in [0.1, 0.15) is 0 Å². The van der Waals surface area contributed by atoms with Crippen molar-refractivity contribution in [2.24, 2.45) is 0 Å². The molecule has 4 heteroatoms. The monoisotopic (exact) mass is 818 g/mol. The Morgan fingerprint density at radius 2 is 0.638 bits per heavy atom. The summed E-state index contributed by atoms with van der Waals surface area (Å²) >= 11 is 0. The molecule has 0 radical (unpaired) electrons. The lowest BCUT2D eigenvalue weighted by Gasteiger charge is -2.20. The predicted octanol–water partition coefficient (Wildman–Crippen LogP) is 17.4. The zero-order valence-corrected chi connectivity index (χ0v) is 39.8. The molecule has 1 amide bonds. The van der Waals surface area contributed by atoms with Gasteiger partial charge in [0.2, 0.25) is 5.91 Å². The Balaban J connectivity index is 3.46. The number of carbonyl (C=O) groups excluding carboxylic acids is 1. The molecule has 346 valence electrons. The number of allylic oxidation sites excluding steroid dienone is 1. The van der Waals surface area contributed by atoms with Crippen LogP contribution in [0.25, 0.3) is 0 Å². The number of amides is 1. The van der Waals surface area contributed by atoms with Crippen LogP contribution in [0, 0.1) is 0 Å². The first-order chi connectivity index (χ1) is 28.7. The molecule has 2 unspecified atom stereocenters. The maximum atomic E-state index is 12.5. The maximum absolute atomic E-state index is 12.5. The summed E-state index contributed by atoms with van der Waals surface area (Å²) in [6.45, 7) is 4.35. The summed E-state index contributed by atoms with van der Waals surface area (Å²) in [6, 6.07) is -0.618. The number of hydrogen-bond acceptors (Lipinski definition) is 3. The molecule has 0 fully saturated rings. The summed E-state index contributed by atoms with van der Waals surface area (Å²) in [6.07, 6.45) is 65.0. The van der Waals surface area contributed by atoms with Gasteiger partial charge in [0.05, 0.1) is 18.8 Å². The molecule has 0 rings (SSSR count). The third-order valence-corrected chi connectivity index (χ3v) is 12.8. The highest BCUT2D eigenvalue weighted by molar-refractivity contribution is 5.76. The van der Waals surface area contributed by atoms with Gasteiger partial charge in [-0.1, -0.05) is 296 Å². The number of nitrogens with one attached hydrogen (secondary N) is 1. The number of unbranched alkanes of at least 4 members (excludes halogenated alkanes) is 43. The minimum absolute atomic E-state index is 0.0561. The van der Waals surface area contributed by atoms with Gasteiger partial charge in [-0.2, -0.15) is 0 Å². The largest absolute Gasteiger partial charge is 0.394 e. The molecule has 58 heavy (non-hydrogen) atoms. The molecular formula is C54H107NO3. The molecule has 0 spiro atoms. The first-order valence-corrected chi connectivity index (χ1v) is 26.9. The fraction of sp³-hybridized carbons (Fsp3) is 0.944. The molecule has 0 saturated carbocycles. The summed E-state index contributed by atoms with van der Waals surface area (Å²) in [4.78, 5) is 12.5. The van der Waals surface area contributed by atoms with Crippen LogP contribution in [0.5, 0.6) is 0 Å². The van der Waals surface area contributed by atoms with Crippen LogP contribution < -0.4 is 5.32 Å². The molecule has 0 saturated heterocycles. The zero-order chi connectivity index (χ0) is 42.1. The highest BCUT2D eigenvalue weighted by Gasteiger charge is 2.18. The Hall–Kier alpha value is -0.870. The van der Waals surface area contributed by atoms with Crippen LogP contribution in [0.1, 0.15) is 309 Å². The van der Waals surface area contributed by atoms with Crippen molar-refractivity contribution < 1.29 is 15.0 Å². The van der Waals surface area contributed by atoms with Crippen LogP contribution in [0.2, 0.25) is 0 Å². The van der Waals surface area contributed by atoms with Crippen molar-refractivity contribution >= 4 is 5.91 Å². The van der Waals surface area contributed by atoms with Gasteiger partial charge in [-0.05, 0) is 19.3 Å². The van der Waals surface area contributed by atoms with E-state index in [2.05, 4.69) is 19.2 Å². The fourth-order valence-electron chi connectivity index (χ4n) is 8.65. The lowest BCUT2D eigenvalue weighted by molar-refractivity contribution is -0.123. The minimum Gasteiger partial charge on any atom is -0.394 e. The third kappa shape index (κ3) is 46.2. The average molecular weight is 818 g/mol. The van der Waals surface area contributed by atoms with Crippen LogP contribution in [-0.4, -0.2) is 34.9 Å². The molecule has 2 atom stereocenters. The SMILES string of the molecule is CCCCCCCCCCCCCCCCCCCCC/C=C/C(O)C(CO)NC(=O)CCCCCCCCCCCCCCCCCCCCCCCCCCC. The molecule has 0 aliphatic heterocycles. The molecule has 0 bridgehead atoms. The molecule has 4 nitrogen and oxygen atoms in total. The van der Waals surface area contributed by atoms with Crippen molar-refractivity contribution in [1.82, 2.24) is 5.32 Å². The van der Waals surface area contributed by atoms with Gasteiger partial charge in [0.15, 0.2) is 0 Å². The van der Waals surface area contributed by atoms with Crippen molar-refractivity contribution in [3.63, 3.8) is 0 Å². The summed E-state index contributed by atoms with van der Waals surface area (Å²) in [5.41, 5.74) is 0. The van der Waals surface area contributed by atoms with Gasteiger partial charge in [0.25, 0.3) is 0 Å². The van der Waals surface area contributed by atoms with E-state index in [9.17, 15) is 15.0 Å². The van der Waals surface area contributed by atoms with Crippen LogP contribution in [0.15, 0.2) is 12.2 Å². The number of aliphatic hydroxyl groups is 2. The fourth-order valence-corrected chi connectivity index (χ4v) is 8.65. The summed E-state index contributed by atoms with van der Waals surface area (Å²) in [7, 11) is 0. The van der Waals surface area contributed by atoms with E-state index in [0.717, 1.165) is 25.7 Å². The third-order valence-electron chi connectivity index (χ3n) is 12.8. The van der Waals surface area contributed by atoms with Crippen LogP contribution in [-0.2, 0) is 4.79 Å². The smallest absolute Gasteiger partial charge is 0.220 e. The van der Waals surface area contributed by atoms with Crippen molar-refractivity contribution in [2.75, 3.05) is 6.61 Å². The Morgan fingerprint density at radius 3 is 0.897 bits per heavy atom. The van der Waals surface area contributed by atoms with Crippen molar-refractivity contribution in [1.29, 1.82) is 0 Å². The van der Waals surface area contributed by atoms with E-state index in [0.29, 0.717) is 6.42 Å². The van der Waals surface area contributed by atoms with E-state index in [1.807, 2.05) is 6.08 Å². The van der Waals surface area contributed by atoms with E-state index in [1.165, 1.54) is 263 Å². The van der Waals surface area contributed by atoms with E-state index >= 15 is 0 Å². The molecule has 0 aromatic rings. The van der Waals surface area contributed by atoms with Crippen molar-refractivity contribution in [2.45, 2.75) is 321 Å². The number of carbonyl (C=O) groups is 1. The summed E-state index contributed by atoms with van der Waals surface area (Å²) in [5.74, 6) is -0.0561. The normalized spacial score (nSPS) is 12.8. The number of rotatable bonds is 50. The Morgan fingerprint density at radius 1 is 0.397 bits per heavy atom. The second-order valence-electron chi connectivity index (χ2n) is 18.7. The first kappa shape index (κ1) is 57.1. The molecule has 0 aliphatic carbocycles. The quantitative estimate of drug-likeness (QED) is 0.0423. The predicted molar refractivity (Wildman–Crippen MR) is 258 cm³/mol. The summed E-state index contributed by atoms with van der Waals surface area (Å²) < 4.78 is 0. The Kier molecular flexibility index (Phi) is 49.7. The van der Waals surface area contributed by atoms with Crippen LogP contribution >= 0.6 is 0 Å². The van der Waals surface area contributed by atoms with Crippen molar-refractivity contribution in [3.8, 4) is 0 Å². The second-order valence-corrected chi connectivity index (χ2v) is 18.7. The van der Waals surface area contributed by atoms with Gasteiger partial charge in [-0.25, -0.2) is 0 Å². The van der Waals surface area contributed by atoms with Gasteiger partial charge < -0.3 is 15.5 Å². The van der Waals surface area contributed by atoms with E-state index in [-0.39, 0.29) is 12.5 Å². The molecule has 0 aromatic carbocycles. The van der Waals surface area contributed by atoms with Gasteiger partial charge in [-0.3, -0.25) is 4.79 Å². The molecule has 0 aromatic heterocycles. The molecule has 3 N–H and O–H groups in total. The Bertz CT molecular complexity index is 799. The van der Waals surface area contributed by atoms with E-state index in [4.69, 9.17) is 0 Å². The highest BCUT2D eigenvalue weighted by Crippen LogP contribution is 2.18. The first-order valence-electron chi connectivity index (χ1n) is 26.9. The number of aliphatic hydroxyl groups excluding tert-OH is 2. The van der Waals surface area contributed by atoms with Crippen LogP contribution in [0.4, 0.5) is 0 Å². The van der Waals surface area contributed by atoms with Crippen molar-refractivity contribution in [3.05, 3.63) is 12.2 Å². The van der Waals surface area contributed by atoms with Crippen LogP contribution in [0.3, 0.4) is 0 Å². The summed E-state index contributed by atoms with van der Waals surface area (Å²) in [5, 5.41) is 23.2. The van der Waals surface area contributed by atoms with Gasteiger partial charge >= 0.3 is 0 Å². The van der Waals surface area contributed by atoms with E-state index in [1.54, 1.807) is 6.08 Å². The lowest BCUT2D eigenvalue weighted by Crippen LogP contribution is -2.45. The topological polar surface area (TPSA) is 69.6 Å². The molecule has 0 aliphatic rings. The molecule has 0 heterocycles.